The Balaban J connectivity index is 2.44. The summed E-state index contributed by atoms with van der Waals surface area (Å²) in [6, 6.07) is 0. The van der Waals surface area contributed by atoms with E-state index in [-0.39, 0.29) is 12.0 Å². The average Bonchev–Trinajstić information content (AvgIpc) is 2.56. The highest BCUT2D eigenvalue weighted by Crippen LogP contribution is 2.09. The second kappa shape index (κ2) is 4.47. The molecule has 1 aromatic rings. The van der Waals surface area contributed by atoms with Crippen molar-refractivity contribution in [2.24, 2.45) is 0 Å². The van der Waals surface area contributed by atoms with Crippen LogP contribution in [0.1, 0.15) is 6.42 Å². The summed E-state index contributed by atoms with van der Waals surface area (Å²) in [4.78, 5) is 21.5. The van der Waals surface area contributed by atoms with Crippen molar-refractivity contribution >= 4 is 28.3 Å². The Hall–Kier alpha value is -1.76. The molecule has 0 unspecified atom stereocenters. The predicted octanol–water partition coefficient (Wildman–Crippen LogP) is 0.507. The van der Waals surface area contributed by atoms with Gasteiger partial charge in [0, 0.05) is 5.57 Å². The van der Waals surface area contributed by atoms with Crippen LogP contribution in [0.3, 0.4) is 0 Å². The number of carboxylic acids is 1. The Labute approximate surface area is 83.3 Å². The number of amides is 1. The molecule has 1 aromatic heterocycles. The highest BCUT2D eigenvalue weighted by molar-refractivity contribution is 7.13. The van der Waals surface area contributed by atoms with Gasteiger partial charge in [-0.2, -0.15) is 0 Å². The number of rotatable bonds is 4. The number of nitrogens with zero attached hydrogens (tertiary/aromatic N) is 2. The first-order valence-corrected chi connectivity index (χ1v) is 4.44. The molecule has 0 spiro atoms. The van der Waals surface area contributed by atoms with Gasteiger partial charge >= 0.3 is 5.97 Å². The summed E-state index contributed by atoms with van der Waals surface area (Å²) < 4.78 is 0. The second-order valence-electron chi connectivity index (χ2n) is 2.38. The smallest absolute Gasteiger partial charge is 0.331 e. The molecule has 0 fully saturated rings. The number of nitrogens with one attached hydrogen (secondary N) is 1. The molecular formula is C7H7N3O3S. The third-order valence-corrected chi connectivity index (χ3v) is 1.89. The Kier molecular flexibility index (Phi) is 3.29. The van der Waals surface area contributed by atoms with Crippen LogP contribution in [-0.2, 0) is 9.59 Å². The van der Waals surface area contributed by atoms with Crippen LogP contribution in [0.15, 0.2) is 17.7 Å². The van der Waals surface area contributed by atoms with Gasteiger partial charge < -0.3 is 10.4 Å². The zero-order valence-electron chi connectivity index (χ0n) is 7.06. The van der Waals surface area contributed by atoms with Crippen molar-refractivity contribution in [3.63, 3.8) is 0 Å². The van der Waals surface area contributed by atoms with Crippen molar-refractivity contribution in [1.29, 1.82) is 0 Å². The lowest BCUT2D eigenvalue weighted by atomic mass is 10.2. The molecular weight excluding hydrogens is 206 g/mol. The van der Waals surface area contributed by atoms with Crippen LogP contribution < -0.4 is 5.32 Å². The quantitative estimate of drug-likeness (QED) is 0.711. The van der Waals surface area contributed by atoms with Gasteiger partial charge in [-0.25, -0.2) is 4.79 Å². The summed E-state index contributed by atoms with van der Waals surface area (Å²) in [5.74, 6) is -1.65. The highest BCUT2D eigenvalue weighted by atomic mass is 32.1. The lowest BCUT2D eigenvalue weighted by molar-refractivity contribution is -0.133. The van der Waals surface area contributed by atoms with Gasteiger partial charge in [-0.1, -0.05) is 17.9 Å². The number of carboxylic acid groups (broad SMARTS) is 1. The maximum absolute atomic E-state index is 11.1. The van der Waals surface area contributed by atoms with Crippen molar-refractivity contribution < 1.29 is 14.7 Å². The van der Waals surface area contributed by atoms with Crippen molar-refractivity contribution in [1.82, 2.24) is 10.2 Å². The molecule has 14 heavy (non-hydrogen) atoms. The molecule has 2 N–H and O–H groups in total. The van der Waals surface area contributed by atoms with Crippen LogP contribution in [0.4, 0.5) is 5.13 Å². The standard InChI is InChI=1S/C7H7N3O3S/c1-4(6(12)13)2-5(11)9-7-10-8-3-14-7/h3H,1-2H2,(H,12,13)(H,9,10,11). The van der Waals surface area contributed by atoms with Gasteiger partial charge in [0.1, 0.15) is 5.51 Å². The van der Waals surface area contributed by atoms with Crippen LogP contribution in [0, 0.1) is 0 Å². The van der Waals surface area contributed by atoms with E-state index in [1.165, 1.54) is 5.51 Å². The molecule has 1 amide bonds. The summed E-state index contributed by atoms with van der Waals surface area (Å²) in [6.07, 6.45) is -0.255. The van der Waals surface area contributed by atoms with E-state index < -0.39 is 11.9 Å². The average molecular weight is 213 g/mol. The zero-order valence-corrected chi connectivity index (χ0v) is 7.87. The van der Waals surface area contributed by atoms with Crippen LogP contribution in [0.5, 0.6) is 0 Å². The molecule has 0 atom stereocenters. The first-order chi connectivity index (χ1) is 6.59. The summed E-state index contributed by atoms with van der Waals surface area (Å²) in [6.45, 7) is 3.23. The van der Waals surface area contributed by atoms with Crippen LogP contribution in [0.25, 0.3) is 0 Å². The molecule has 1 heterocycles. The van der Waals surface area contributed by atoms with Crippen molar-refractivity contribution in [2.45, 2.75) is 6.42 Å². The second-order valence-corrected chi connectivity index (χ2v) is 3.21. The number of hydrogen-bond donors (Lipinski definition) is 2. The first-order valence-electron chi connectivity index (χ1n) is 3.56. The van der Waals surface area contributed by atoms with Gasteiger partial charge in [-0.15, -0.1) is 10.2 Å². The predicted molar refractivity (Wildman–Crippen MR) is 49.9 cm³/mol. The minimum atomic E-state index is -1.18. The normalized spacial score (nSPS) is 9.43. The number of carbonyl (C=O) groups excluding carboxylic acids is 1. The van der Waals surface area contributed by atoms with Crippen molar-refractivity contribution in [2.75, 3.05) is 5.32 Å². The lowest BCUT2D eigenvalue weighted by Gasteiger charge is -1.99. The molecule has 0 aliphatic heterocycles. The molecule has 6 nitrogen and oxygen atoms in total. The molecule has 0 bridgehead atoms. The topological polar surface area (TPSA) is 92.2 Å². The zero-order chi connectivity index (χ0) is 10.6. The molecule has 0 aromatic carbocycles. The molecule has 0 aliphatic rings. The van der Waals surface area contributed by atoms with E-state index in [1.807, 2.05) is 0 Å². The van der Waals surface area contributed by atoms with Gasteiger partial charge in [0.15, 0.2) is 0 Å². The summed E-state index contributed by atoms with van der Waals surface area (Å²) in [5, 5.41) is 18.3. The monoisotopic (exact) mass is 213 g/mol. The van der Waals surface area contributed by atoms with E-state index in [4.69, 9.17) is 5.11 Å². The summed E-state index contributed by atoms with van der Waals surface area (Å²) in [7, 11) is 0. The van der Waals surface area contributed by atoms with E-state index in [0.29, 0.717) is 5.13 Å². The molecule has 1 rings (SSSR count). The van der Waals surface area contributed by atoms with Gasteiger partial charge in [0.05, 0.1) is 6.42 Å². The van der Waals surface area contributed by atoms with E-state index in [1.54, 1.807) is 0 Å². The van der Waals surface area contributed by atoms with Crippen LogP contribution in [-0.4, -0.2) is 27.2 Å². The largest absolute Gasteiger partial charge is 0.478 e. The first kappa shape index (κ1) is 10.3. The fourth-order valence-corrected chi connectivity index (χ4v) is 1.12. The van der Waals surface area contributed by atoms with E-state index in [0.717, 1.165) is 11.3 Å². The Morgan fingerprint density at radius 2 is 2.36 bits per heavy atom. The lowest BCUT2D eigenvalue weighted by Crippen LogP contribution is -2.14. The number of hydrogen-bond acceptors (Lipinski definition) is 5. The SMILES string of the molecule is C=C(CC(=O)Nc1nncs1)C(=O)O. The van der Waals surface area contributed by atoms with Crippen molar-refractivity contribution in [3.05, 3.63) is 17.7 Å². The van der Waals surface area contributed by atoms with E-state index >= 15 is 0 Å². The third kappa shape index (κ3) is 2.94. The number of carbonyl (C=O) groups is 2. The number of anilines is 1. The summed E-state index contributed by atoms with van der Waals surface area (Å²) >= 11 is 1.16. The minimum absolute atomic E-state index is 0.160. The van der Waals surface area contributed by atoms with Crippen molar-refractivity contribution in [3.8, 4) is 0 Å². The molecule has 7 heteroatoms. The Bertz CT molecular complexity index is 360. The summed E-state index contributed by atoms with van der Waals surface area (Å²) in [5.41, 5.74) is 1.30. The Morgan fingerprint density at radius 1 is 1.64 bits per heavy atom. The minimum Gasteiger partial charge on any atom is -0.478 e. The van der Waals surface area contributed by atoms with Gasteiger partial charge in [-0.05, 0) is 0 Å². The number of aromatic nitrogens is 2. The fraction of sp³-hybridized carbons (Fsp3) is 0.143. The molecule has 74 valence electrons. The van der Waals surface area contributed by atoms with Crippen LogP contribution in [0.2, 0.25) is 0 Å². The maximum Gasteiger partial charge on any atom is 0.331 e. The fourth-order valence-electron chi connectivity index (χ4n) is 0.660. The van der Waals surface area contributed by atoms with Crippen LogP contribution >= 0.6 is 11.3 Å². The maximum atomic E-state index is 11.1. The van der Waals surface area contributed by atoms with E-state index in [9.17, 15) is 9.59 Å². The molecule has 0 aliphatic carbocycles. The van der Waals surface area contributed by atoms with Gasteiger partial charge in [0.25, 0.3) is 0 Å². The third-order valence-electron chi connectivity index (χ3n) is 1.28. The highest BCUT2D eigenvalue weighted by Gasteiger charge is 2.11. The van der Waals surface area contributed by atoms with Gasteiger partial charge in [-0.3, -0.25) is 4.79 Å². The molecule has 0 saturated heterocycles. The number of aliphatic carboxylic acids is 1. The van der Waals surface area contributed by atoms with Gasteiger partial charge in [0.2, 0.25) is 11.0 Å². The molecule has 0 radical (unpaired) electrons. The molecule has 0 saturated carbocycles. The Morgan fingerprint density at radius 3 is 2.86 bits per heavy atom. The van der Waals surface area contributed by atoms with E-state index in [2.05, 4.69) is 22.1 Å².